The van der Waals surface area contributed by atoms with E-state index >= 15 is 0 Å². The summed E-state index contributed by atoms with van der Waals surface area (Å²) in [6, 6.07) is 13.2. The summed E-state index contributed by atoms with van der Waals surface area (Å²) in [6.45, 7) is 7.47. The summed E-state index contributed by atoms with van der Waals surface area (Å²) in [7, 11) is -1.97. The fraction of sp³-hybridized carbons (Fsp3) is 0.407. The Bertz CT molecular complexity index is 1330. The van der Waals surface area contributed by atoms with E-state index in [9.17, 15) is 8.42 Å². The number of methoxy groups -OCH3 is 1. The number of hydrogen-bond donors (Lipinski definition) is 1. The van der Waals surface area contributed by atoms with Gasteiger partial charge in [0.25, 0.3) is 0 Å². The van der Waals surface area contributed by atoms with Gasteiger partial charge in [0.2, 0.25) is 10.0 Å². The van der Waals surface area contributed by atoms with E-state index < -0.39 is 10.0 Å². The molecule has 3 aromatic rings. The molecular formula is C27H33BrN4O4S. The average molecular weight is 590 g/mol. The number of morpholine rings is 1. The van der Waals surface area contributed by atoms with Crippen LogP contribution in [0, 0.1) is 5.92 Å². The zero-order valence-electron chi connectivity index (χ0n) is 21.4. The Morgan fingerprint density at radius 2 is 1.86 bits per heavy atom. The van der Waals surface area contributed by atoms with Crippen LogP contribution in [-0.4, -0.2) is 58.3 Å². The minimum Gasteiger partial charge on any atom is -0.496 e. The number of anilines is 1. The van der Waals surface area contributed by atoms with Crippen LogP contribution >= 0.6 is 15.9 Å². The molecule has 37 heavy (non-hydrogen) atoms. The number of hydrogen-bond acceptors (Lipinski definition) is 7. The highest BCUT2D eigenvalue weighted by molar-refractivity contribution is 9.10. The van der Waals surface area contributed by atoms with Crippen LogP contribution in [0.2, 0.25) is 0 Å². The lowest BCUT2D eigenvalue weighted by molar-refractivity contribution is 0.122. The molecule has 1 aliphatic heterocycles. The number of ether oxygens (including phenoxy) is 2. The van der Waals surface area contributed by atoms with Crippen LogP contribution in [0.25, 0.3) is 0 Å². The molecule has 0 radical (unpaired) electrons. The van der Waals surface area contributed by atoms with Gasteiger partial charge in [-0.1, -0.05) is 38.1 Å². The molecule has 198 valence electrons. The Hall–Kier alpha value is -2.53. The summed E-state index contributed by atoms with van der Waals surface area (Å²) in [5, 5.41) is 0. The molecule has 0 spiro atoms. The molecule has 2 heterocycles. The minimum absolute atomic E-state index is 0.209. The summed E-state index contributed by atoms with van der Waals surface area (Å²) in [5.74, 6) is 1.62. The molecular weight excluding hydrogens is 556 g/mol. The fourth-order valence-corrected chi connectivity index (χ4v) is 5.95. The second-order valence-electron chi connectivity index (χ2n) is 9.38. The first kappa shape index (κ1) is 27.5. The summed E-state index contributed by atoms with van der Waals surface area (Å²) < 4.78 is 40.5. The van der Waals surface area contributed by atoms with Gasteiger partial charge in [-0.2, -0.15) is 0 Å². The van der Waals surface area contributed by atoms with Crippen LogP contribution in [0.15, 0.2) is 58.0 Å². The molecule has 0 atom stereocenters. The van der Waals surface area contributed by atoms with E-state index in [1.807, 2.05) is 32.0 Å². The molecule has 0 saturated carbocycles. The highest BCUT2D eigenvalue weighted by Crippen LogP contribution is 2.29. The number of halogens is 1. The quantitative estimate of drug-likeness (QED) is 0.379. The van der Waals surface area contributed by atoms with Crippen LogP contribution in [0.3, 0.4) is 0 Å². The average Bonchev–Trinajstić information content (AvgIpc) is 2.90. The molecule has 2 aromatic carbocycles. The van der Waals surface area contributed by atoms with Gasteiger partial charge in [0.05, 0.1) is 35.4 Å². The van der Waals surface area contributed by atoms with Crippen molar-refractivity contribution in [2.75, 3.05) is 44.9 Å². The number of sulfonamides is 1. The third kappa shape index (κ3) is 7.07. The van der Waals surface area contributed by atoms with Crippen molar-refractivity contribution in [2.45, 2.75) is 31.6 Å². The van der Waals surface area contributed by atoms with Gasteiger partial charge in [0, 0.05) is 56.0 Å². The van der Waals surface area contributed by atoms with E-state index in [-0.39, 0.29) is 10.8 Å². The number of nitrogens with zero attached hydrogens (tertiary/aromatic N) is 3. The van der Waals surface area contributed by atoms with E-state index in [4.69, 9.17) is 14.5 Å². The van der Waals surface area contributed by atoms with E-state index in [1.54, 1.807) is 25.4 Å². The molecule has 0 amide bonds. The van der Waals surface area contributed by atoms with Crippen molar-refractivity contribution >= 4 is 31.6 Å². The third-order valence-corrected chi connectivity index (χ3v) is 8.35. The van der Waals surface area contributed by atoms with Crippen LogP contribution in [-0.2, 0) is 27.6 Å². The first-order chi connectivity index (χ1) is 17.8. The lowest BCUT2D eigenvalue weighted by Gasteiger charge is -2.29. The molecule has 4 rings (SSSR count). The monoisotopic (exact) mass is 588 g/mol. The maximum Gasteiger partial charge on any atom is 0.240 e. The van der Waals surface area contributed by atoms with Crippen LogP contribution < -0.4 is 14.4 Å². The van der Waals surface area contributed by atoms with Gasteiger partial charge < -0.3 is 14.4 Å². The van der Waals surface area contributed by atoms with Crippen molar-refractivity contribution in [1.82, 2.24) is 14.7 Å². The van der Waals surface area contributed by atoms with Crippen LogP contribution in [0.5, 0.6) is 5.75 Å². The molecule has 1 fully saturated rings. The molecule has 0 unspecified atom stereocenters. The van der Waals surface area contributed by atoms with Gasteiger partial charge >= 0.3 is 0 Å². The Labute approximate surface area is 227 Å². The number of rotatable bonds is 10. The Balaban J connectivity index is 1.56. The van der Waals surface area contributed by atoms with E-state index in [1.165, 1.54) is 0 Å². The van der Waals surface area contributed by atoms with Gasteiger partial charge in [-0.3, -0.25) is 0 Å². The first-order valence-corrected chi connectivity index (χ1v) is 14.6. The van der Waals surface area contributed by atoms with Crippen LogP contribution in [0.1, 0.15) is 36.5 Å². The Morgan fingerprint density at radius 3 is 2.59 bits per heavy atom. The lowest BCUT2D eigenvalue weighted by Crippen LogP contribution is -2.36. The molecule has 8 nitrogen and oxygen atoms in total. The maximum absolute atomic E-state index is 13.0. The van der Waals surface area contributed by atoms with Crippen molar-refractivity contribution in [1.29, 1.82) is 0 Å². The van der Waals surface area contributed by atoms with Crippen molar-refractivity contribution in [2.24, 2.45) is 5.92 Å². The Kier molecular flexibility index (Phi) is 9.17. The fourth-order valence-electron chi connectivity index (χ4n) is 4.17. The van der Waals surface area contributed by atoms with Crippen molar-refractivity contribution in [3.05, 3.63) is 75.8 Å². The molecule has 1 aliphatic rings. The summed E-state index contributed by atoms with van der Waals surface area (Å²) >= 11 is 3.55. The van der Waals surface area contributed by atoms with Gasteiger partial charge in [-0.25, -0.2) is 23.1 Å². The molecule has 0 aliphatic carbocycles. The Morgan fingerprint density at radius 1 is 1.11 bits per heavy atom. The number of aromatic nitrogens is 2. The molecule has 1 aromatic heterocycles. The standard InChI is InChI=1S/C27H33BrN4O4S/c1-19(2)17-30-37(33,34)26-7-5-4-6-21(26)14-24-23(28)18-29-27(31-24)15-20-8-9-22(16-25(20)35-3)32-10-12-36-13-11-32/h4-9,16,18-19,30H,10-15,17H2,1-3H3. The molecule has 0 bridgehead atoms. The third-order valence-electron chi connectivity index (χ3n) is 6.16. The van der Waals surface area contributed by atoms with E-state index in [0.717, 1.165) is 53.5 Å². The first-order valence-electron chi connectivity index (χ1n) is 12.3. The highest BCUT2D eigenvalue weighted by Gasteiger charge is 2.20. The summed E-state index contributed by atoms with van der Waals surface area (Å²) in [6.07, 6.45) is 2.56. The zero-order valence-corrected chi connectivity index (χ0v) is 23.8. The minimum atomic E-state index is -3.64. The second-order valence-corrected chi connectivity index (χ2v) is 12.0. The van der Waals surface area contributed by atoms with Crippen LogP contribution in [0.4, 0.5) is 5.69 Å². The number of nitrogens with one attached hydrogen (secondary N) is 1. The molecule has 1 saturated heterocycles. The van der Waals surface area contributed by atoms with Gasteiger partial charge in [0.1, 0.15) is 11.6 Å². The SMILES string of the molecule is COc1cc(N2CCOCC2)ccc1Cc1ncc(Br)c(Cc2ccccc2S(=O)(=O)NCC(C)C)n1. The summed E-state index contributed by atoms with van der Waals surface area (Å²) in [4.78, 5) is 11.9. The normalized spacial score (nSPS) is 14.2. The summed E-state index contributed by atoms with van der Waals surface area (Å²) in [5.41, 5.74) is 3.48. The van der Waals surface area contributed by atoms with E-state index in [0.29, 0.717) is 30.8 Å². The van der Waals surface area contributed by atoms with Crippen molar-refractivity contribution in [3.8, 4) is 5.75 Å². The predicted molar refractivity (Wildman–Crippen MR) is 148 cm³/mol. The van der Waals surface area contributed by atoms with Gasteiger partial charge in [-0.15, -0.1) is 0 Å². The largest absolute Gasteiger partial charge is 0.496 e. The predicted octanol–water partition coefficient (Wildman–Crippen LogP) is 4.20. The zero-order chi connectivity index (χ0) is 26.4. The number of benzene rings is 2. The van der Waals surface area contributed by atoms with E-state index in [2.05, 4.69) is 42.7 Å². The van der Waals surface area contributed by atoms with Gasteiger partial charge in [-0.05, 0) is 39.5 Å². The molecule has 10 heteroatoms. The highest BCUT2D eigenvalue weighted by atomic mass is 79.9. The van der Waals surface area contributed by atoms with Crippen molar-refractivity contribution in [3.63, 3.8) is 0 Å². The smallest absolute Gasteiger partial charge is 0.240 e. The maximum atomic E-state index is 13.0. The second kappa shape index (κ2) is 12.3. The molecule has 1 N–H and O–H groups in total. The topological polar surface area (TPSA) is 93.7 Å². The van der Waals surface area contributed by atoms with Crippen molar-refractivity contribution < 1.29 is 17.9 Å². The lowest BCUT2D eigenvalue weighted by atomic mass is 10.1. The van der Waals surface area contributed by atoms with Gasteiger partial charge in [0.15, 0.2) is 0 Å².